The minimum Gasteiger partial charge on any atom is -0.493 e. The molecule has 5 heteroatoms. The maximum Gasteiger partial charge on any atom is 0.337 e. The lowest BCUT2D eigenvalue weighted by Crippen LogP contribution is -2.39. The monoisotopic (exact) mass is 413 g/mol. The number of benzene rings is 2. The Morgan fingerprint density at radius 3 is 2.23 bits per heavy atom. The van der Waals surface area contributed by atoms with Gasteiger partial charge in [0.05, 0.1) is 19.3 Å². The number of ether oxygens (including phenoxy) is 2. The van der Waals surface area contributed by atoms with Crippen LogP contribution in [0.5, 0.6) is 5.75 Å². The number of esters is 1. The van der Waals surface area contributed by atoms with Crippen LogP contribution in [0.3, 0.4) is 0 Å². The molecule has 4 nitrogen and oxygen atoms in total. The van der Waals surface area contributed by atoms with Gasteiger partial charge in [0.2, 0.25) is 0 Å². The minimum atomic E-state index is -0.696. The first kappa shape index (κ1) is 22.3. The number of hydrogen-bond donors (Lipinski definition) is 0. The number of hydrogen-bond acceptors (Lipinski definition) is 4. The average Bonchev–Trinajstić information content (AvgIpc) is 2.79. The molecule has 0 amide bonds. The van der Waals surface area contributed by atoms with E-state index >= 15 is 0 Å². The molecule has 0 aliphatic carbocycles. The molecule has 0 spiro atoms. The van der Waals surface area contributed by atoms with Crippen LogP contribution in [-0.4, -0.2) is 50.4 Å². The zero-order chi connectivity index (χ0) is 21.3. The Bertz CT molecular complexity index is 783. The van der Waals surface area contributed by atoms with E-state index in [1.807, 2.05) is 43.3 Å². The number of carbonyl (C=O) groups excluding carboxylic acids is 1. The van der Waals surface area contributed by atoms with E-state index in [4.69, 9.17) is 9.47 Å². The highest BCUT2D eigenvalue weighted by atomic mass is 19.1. The van der Waals surface area contributed by atoms with Crippen molar-refractivity contribution in [2.75, 3.05) is 33.4 Å². The van der Waals surface area contributed by atoms with Crippen molar-refractivity contribution < 1.29 is 18.7 Å². The summed E-state index contributed by atoms with van der Waals surface area (Å²) in [5.74, 6) is 1.05. The summed E-state index contributed by atoms with van der Waals surface area (Å²) >= 11 is 0. The molecule has 0 bridgehead atoms. The third kappa shape index (κ3) is 6.30. The van der Waals surface area contributed by atoms with Crippen molar-refractivity contribution >= 4 is 5.97 Å². The van der Waals surface area contributed by atoms with Crippen LogP contribution in [0.4, 0.5) is 4.39 Å². The van der Waals surface area contributed by atoms with E-state index < -0.39 is 6.17 Å². The quantitative estimate of drug-likeness (QED) is 0.518. The molecule has 1 saturated heterocycles. The number of alkyl halides is 1. The molecule has 1 aliphatic heterocycles. The van der Waals surface area contributed by atoms with Crippen molar-refractivity contribution in [1.82, 2.24) is 4.90 Å². The normalized spacial score (nSPS) is 16.2. The predicted octanol–water partition coefficient (Wildman–Crippen LogP) is 5.37. The van der Waals surface area contributed by atoms with Gasteiger partial charge in [-0.25, -0.2) is 9.18 Å². The first-order valence-electron chi connectivity index (χ1n) is 10.9. The average molecular weight is 414 g/mol. The second-order valence-electron chi connectivity index (χ2n) is 8.03. The highest BCUT2D eigenvalue weighted by Crippen LogP contribution is 2.25. The molecular formula is C25H32FNO3. The minimum absolute atomic E-state index is 0.332. The summed E-state index contributed by atoms with van der Waals surface area (Å²) in [5, 5.41) is 0. The van der Waals surface area contributed by atoms with Crippen molar-refractivity contribution in [2.45, 2.75) is 38.8 Å². The van der Waals surface area contributed by atoms with E-state index in [1.165, 1.54) is 7.11 Å². The second kappa shape index (κ2) is 11.1. The first-order valence-corrected chi connectivity index (χ1v) is 10.9. The van der Waals surface area contributed by atoms with E-state index in [0.29, 0.717) is 31.1 Å². The van der Waals surface area contributed by atoms with Crippen LogP contribution in [0.15, 0.2) is 48.5 Å². The van der Waals surface area contributed by atoms with Crippen molar-refractivity contribution in [3.05, 3.63) is 54.1 Å². The van der Waals surface area contributed by atoms with Crippen LogP contribution < -0.4 is 4.74 Å². The summed E-state index contributed by atoms with van der Waals surface area (Å²) in [7, 11) is 1.38. The molecule has 1 fully saturated rings. The van der Waals surface area contributed by atoms with Gasteiger partial charge in [0.15, 0.2) is 0 Å². The number of likely N-dealkylation sites (tertiary alicyclic amines) is 1. The molecule has 0 radical (unpaired) electrons. The maximum absolute atomic E-state index is 13.8. The Morgan fingerprint density at radius 2 is 1.67 bits per heavy atom. The van der Waals surface area contributed by atoms with Gasteiger partial charge in [-0.3, -0.25) is 0 Å². The van der Waals surface area contributed by atoms with Crippen molar-refractivity contribution in [1.29, 1.82) is 0 Å². The Kier molecular flexibility index (Phi) is 8.26. The molecule has 1 unspecified atom stereocenters. The van der Waals surface area contributed by atoms with Crippen LogP contribution in [0, 0.1) is 5.92 Å². The Labute approximate surface area is 179 Å². The highest BCUT2D eigenvalue weighted by molar-refractivity contribution is 5.89. The molecule has 2 aromatic rings. The van der Waals surface area contributed by atoms with Crippen LogP contribution in [0.25, 0.3) is 11.1 Å². The lowest BCUT2D eigenvalue weighted by molar-refractivity contribution is 0.0600. The standard InChI is InChI=1S/C25H32FNO3/c1-3-4-23(26)17-27-15-13-19(14-16-27)18-30-24-11-9-21(10-12-24)20-5-7-22(8-6-20)25(28)29-2/h5-12,19,23H,3-4,13-18H2,1-2H3. The lowest BCUT2D eigenvalue weighted by Gasteiger charge is -2.32. The van der Waals surface area contributed by atoms with E-state index in [-0.39, 0.29) is 5.97 Å². The SMILES string of the molecule is CCCC(F)CN1CCC(COc2ccc(-c3ccc(C(=O)OC)cc3)cc2)CC1. The smallest absolute Gasteiger partial charge is 0.337 e. The number of halogens is 1. The fourth-order valence-electron chi connectivity index (χ4n) is 3.89. The molecule has 1 atom stereocenters. The van der Waals surface area contributed by atoms with Gasteiger partial charge >= 0.3 is 5.97 Å². The molecule has 30 heavy (non-hydrogen) atoms. The predicted molar refractivity (Wildman–Crippen MR) is 118 cm³/mol. The van der Waals surface area contributed by atoms with Gasteiger partial charge in [0.1, 0.15) is 11.9 Å². The topological polar surface area (TPSA) is 38.8 Å². The Morgan fingerprint density at radius 1 is 1.07 bits per heavy atom. The van der Waals surface area contributed by atoms with Crippen LogP contribution in [0.1, 0.15) is 43.0 Å². The third-order valence-corrected chi connectivity index (χ3v) is 5.74. The van der Waals surface area contributed by atoms with Crippen LogP contribution in [0.2, 0.25) is 0 Å². The maximum atomic E-state index is 13.8. The molecule has 0 N–H and O–H groups in total. The Hall–Kier alpha value is -2.40. The fourth-order valence-corrected chi connectivity index (χ4v) is 3.89. The summed E-state index contributed by atoms with van der Waals surface area (Å²) in [6.07, 6.45) is 2.99. The molecule has 2 aromatic carbocycles. The zero-order valence-corrected chi connectivity index (χ0v) is 18.0. The third-order valence-electron chi connectivity index (χ3n) is 5.74. The second-order valence-corrected chi connectivity index (χ2v) is 8.03. The number of piperidine rings is 1. The van der Waals surface area contributed by atoms with Crippen molar-refractivity contribution in [2.24, 2.45) is 5.92 Å². The summed E-state index contributed by atoms with van der Waals surface area (Å²) in [5.41, 5.74) is 2.65. The van der Waals surface area contributed by atoms with Crippen LogP contribution >= 0.6 is 0 Å². The van der Waals surface area contributed by atoms with Gasteiger partial charge in [-0.15, -0.1) is 0 Å². The molecule has 0 aromatic heterocycles. The van der Waals surface area contributed by atoms with Gasteiger partial charge in [-0.05, 0) is 73.7 Å². The Balaban J connectivity index is 1.45. The van der Waals surface area contributed by atoms with Gasteiger partial charge in [-0.1, -0.05) is 37.6 Å². The summed E-state index contributed by atoms with van der Waals surface area (Å²) in [6.45, 7) is 5.22. The van der Waals surface area contributed by atoms with Gasteiger partial charge in [0, 0.05) is 6.54 Å². The largest absolute Gasteiger partial charge is 0.493 e. The molecule has 162 valence electrons. The number of carbonyl (C=O) groups is 1. The summed E-state index contributed by atoms with van der Waals surface area (Å²) in [6, 6.07) is 15.4. The molecule has 3 rings (SSSR count). The molecule has 1 heterocycles. The lowest BCUT2D eigenvalue weighted by atomic mass is 9.97. The van der Waals surface area contributed by atoms with Gasteiger partial charge in [-0.2, -0.15) is 0 Å². The fraction of sp³-hybridized carbons (Fsp3) is 0.480. The van der Waals surface area contributed by atoms with E-state index in [9.17, 15) is 9.18 Å². The molecular weight excluding hydrogens is 381 g/mol. The van der Waals surface area contributed by atoms with Gasteiger partial charge < -0.3 is 14.4 Å². The number of rotatable bonds is 9. The van der Waals surface area contributed by atoms with E-state index in [0.717, 1.165) is 49.2 Å². The number of methoxy groups -OCH3 is 1. The van der Waals surface area contributed by atoms with E-state index in [1.54, 1.807) is 12.1 Å². The van der Waals surface area contributed by atoms with Gasteiger partial charge in [0.25, 0.3) is 0 Å². The zero-order valence-electron chi connectivity index (χ0n) is 18.0. The number of nitrogens with zero attached hydrogens (tertiary/aromatic N) is 1. The van der Waals surface area contributed by atoms with Crippen LogP contribution in [-0.2, 0) is 4.74 Å². The van der Waals surface area contributed by atoms with E-state index in [2.05, 4.69) is 4.90 Å². The first-order chi connectivity index (χ1) is 14.6. The molecule has 0 saturated carbocycles. The van der Waals surface area contributed by atoms with Crippen molar-refractivity contribution in [3.8, 4) is 16.9 Å². The summed E-state index contributed by atoms with van der Waals surface area (Å²) < 4.78 is 24.5. The van der Waals surface area contributed by atoms with Crippen molar-refractivity contribution in [3.63, 3.8) is 0 Å². The molecule has 1 aliphatic rings. The summed E-state index contributed by atoms with van der Waals surface area (Å²) in [4.78, 5) is 13.8. The highest BCUT2D eigenvalue weighted by Gasteiger charge is 2.21.